The third kappa shape index (κ3) is 2.67. The molecule has 1 amide bonds. The summed E-state index contributed by atoms with van der Waals surface area (Å²) < 4.78 is 0. The Balaban J connectivity index is 2.22. The number of primary amides is 1. The van der Waals surface area contributed by atoms with Crippen molar-refractivity contribution in [3.63, 3.8) is 0 Å². The highest BCUT2D eigenvalue weighted by Gasteiger charge is 2.27. The number of carboxylic acid groups (broad SMARTS) is 1. The van der Waals surface area contributed by atoms with Crippen LogP contribution in [0.3, 0.4) is 0 Å². The number of aromatic nitrogens is 1. The second-order valence-corrected chi connectivity index (χ2v) is 4.79. The SMILES string of the molecule is Cc1ccnc(N2CCC(C(=O)O)CC2)c1C(N)=O. The molecule has 102 valence electrons. The zero-order valence-corrected chi connectivity index (χ0v) is 10.8. The van der Waals surface area contributed by atoms with Gasteiger partial charge in [0.2, 0.25) is 0 Å². The lowest BCUT2D eigenvalue weighted by Crippen LogP contribution is -2.38. The van der Waals surface area contributed by atoms with Crippen LogP contribution >= 0.6 is 0 Å². The summed E-state index contributed by atoms with van der Waals surface area (Å²) in [6.07, 6.45) is 2.76. The Bertz CT molecular complexity index is 508. The van der Waals surface area contributed by atoms with Gasteiger partial charge in [-0.1, -0.05) is 0 Å². The van der Waals surface area contributed by atoms with Gasteiger partial charge in [-0.05, 0) is 31.4 Å². The first-order valence-electron chi connectivity index (χ1n) is 6.24. The van der Waals surface area contributed by atoms with E-state index in [0.717, 1.165) is 5.56 Å². The molecule has 0 aromatic carbocycles. The molecule has 1 aromatic heterocycles. The van der Waals surface area contributed by atoms with Gasteiger partial charge in [-0.25, -0.2) is 4.98 Å². The van der Waals surface area contributed by atoms with Crippen LogP contribution in [0.4, 0.5) is 5.82 Å². The van der Waals surface area contributed by atoms with E-state index >= 15 is 0 Å². The minimum absolute atomic E-state index is 0.307. The fraction of sp³-hybridized carbons (Fsp3) is 0.462. The minimum atomic E-state index is -0.757. The van der Waals surface area contributed by atoms with Crippen LogP contribution in [0.15, 0.2) is 12.3 Å². The van der Waals surface area contributed by atoms with Crippen molar-refractivity contribution in [3.05, 3.63) is 23.4 Å². The first-order chi connectivity index (χ1) is 9.00. The average molecular weight is 263 g/mol. The normalized spacial score (nSPS) is 16.4. The van der Waals surface area contributed by atoms with E-state index in [9.17, 15) is 9.59 Å². The van der Waals surface area contributed by atoms with Crippen molar-refractivity contribution < 1.29 is 14.7 Å². The van der Waals surface area contributed by atoms with Gasteiger partial charge in [0.25, 0.3) is 5.91 Å². The van der Waals surface area contributed by atoms with E-state index < -0.39 is 11.9 Å². The zero-order chi connectivity index (χ0) is 14.0. The molecule has 1 saturated heterocycles. The topological polar surface area (TPSA) is 96.5 Å². The van der Waals surface area contributed by atoms with Crippen molar-refractivity contribution in [2.45, 2.75) is 19.8 Å². The van der Waals surface area contributed by atoms with Gasteiger partial charge < -0.3 is 15.7 Å². The highest BCUT2D eigenvalue weighted by atomic mass is 16.4. The quantitative estimate of drug-likeness (QED) is 0.840. The first-order valence-corrected chi connectivity index (χ1v) is 6.24. The number of piperidine rings is 1. The molecule has 1 aromatic rings. The lowest BCUT2D eigenvalue weighted by atomic mass is 9.96. The van der Waals surface area contributed by atoms with Gasteiger partial charge in [0.15, 0.2) is 0 Å². The zero-order valence-electron chi connectivity index (χ0n) is 10.8. The fourth-order valence-corrected chi connectivity index (χ4v) is 2.43. The molecule has 1 aliphatic rings. The van der Waals surface area contributed by atoms with Gasteiger partial charge in [0.1, 0.15) is 5.82 Å². The van der Waals surface area contributed by atoms with Crippen LogP contribution < -0.4 is 10.6 Å². The molecule has 0 spiro atoms. The van der Waals surface area contributed by atoms with E-state index in [0.29, 0.717) is 37.3 Å². The number of nitrogens with zero attached hydrogens (tertiary/aromatic N) is 2. The van der Waals surface area contributed by atoms with Crippen LogP contribution in [0.1, 0.15) is 28.8 Å². The van der Waals surface area contributed by atoms with Crippen molar-refractivity contribution >= 4 is 17.7 Å². The number of amides is 1. The summed E-state index contributed by atoms with van der Waals surface area (Å²) in [7, 11) is 0. The molecule has 19 heavy (non-hydrogen) atoms. The van der Waals surface area contributed by atoms with Crippen molar-refractivity contribution in [2.24, 2.45) is 11.7 Å². The number of carboxylic acids is 1. The van der Waals surface area contributed by atoms with E-state index in [2.05, 4.69) is 4.98 Å². The number of hydrogen-bond acceptors (Lipinski definition) is 4. The number of pyridine rings is 1. The van der Waals surface area contributed by atoms with Crippen molar-refractivity contribution in [3.8, 4) is 0 Å². The molecule has 0 saturated carbocycles. The molecular formula is C13H17N3O3. The number of carbonyl (C=O) groups is 2. The number of carbonyl (C=O) groups excluding carboxylic acids is 1. The second-order valence-electron chi connectivity index (χ2n) is 4.79. The largest absolute Gasteiger partial charge is 0.481 e. The Kier molecular flexibility index (Phi) is 3.69. The highest BCUT2D eigenvalue weighted by molar-refractivity contribution is 5.99. The average Bonchev–Trinajstić information content (AvgIpc) is 2.38. The molecule has 2 heterocycles. The molecule has 0 aliphatic carbocycles. The van der Waals surface area contributed by atoms with E-state index in [4.69, 9.17) is 10.8 Å². The maximum absolute atomic E-state index is 11.5. The molecule has 0 unspecified atom stereocenters. The summed E-state index contributed by atoms with van der Waals surface area (Å²) in [5.41, 5.74) is 6.61. The molecular weight excluding hydrogens is 246 g/mol. The predicted octanol–water partition coefficient (Wildman–Crippen LogP) is 0.790. The molecule has 6 nitrogen and oxygen atoms in total. The Morgan fingerprint density at radius 1 is 1.42 bits per heavy atom. The Hall–Kier alpha value is -2.11. The summed E-state index contributed by atoms with van der Waals surface area (Å²) in [5, 5.41) is 8.97. The minimum Gasteiger partial charge on any atom is -0.481 e. The number of nitrogens with two attached hydrogens (primary N) is 1. The molecule has 1 fully saturated rings. The number of hydrogen-bond donors (Lipinski definition) is 2. The predicted molar refractivity (Wildman–Crippen MR) is 70.1 cm³/mol. The van der Waals surface area contributed by atoms with Crippen LogP contribution in [0.5, 0.6) is 0 Å². The van der Waals surface area contributed by atoms with Crippen LogP contribution in [0, 0.1) is 12.8 Å². The smallest absolute Gasteiger partial charge is 0.306 e. The standard InChI is InChI=1S/C13H17N3O3/c1-8-2-5-15-12(10(8)11(14)17)16-6-3-9(4-7-16)13(18)19/h2,5,9H,3-4,6-7H2,1H3,(H2,14,17)(H,18,19). The first kappa shape index (κ1) is 13.3. The van der Waals surface area contributed by atoms with Crippen molar-refractivity contribution in [1.82, 2.24) is 4.98 Å². The molecule has 0 radical (unpaired) electrons. The monoisotopic (exact) mass is 263 g/mol. The van der Waals surface area contributed by atoms with Crippen molar-refractivity contribution in [1.29, 1.82) is 0 Å². The van der Waals surface area contributed by atoms with Crippen LogP contribution in [0.25, 0.3) is 0 Å². The number of anilines is 1. The van der Waals surface area contributed by atoms with Gasteiger partial charge >= 0.3 is 5.97 Å². The molecule has 0 atom stereocenters. The summed E-state index contributed by atoms with van der Waals surface area (Å²) in [6.45, 7) is 2.97. The van der Waals surface area contributed by atoms with Crippen LogP contribution in [-0.4, -0.2) is 35.1 Å². The summed E-state index contributed by atoms with van der Waals surface area (Å²) >= 11 is 0. The second kappa shape index (κ2) is 5.26. The number of aryl methyl sites for hydroxylation is 1. The highest BCUT2D eigenvalue weighted by Crippen LogP contribution is 2.26. The molecule has 2 rings (SSSR count). The Morgan fingerprint density at radius 3 is 2.58 bits per heavy atom. The summed E-state index contributed by atoms with van der Waals surface area (Å²) in [5.74, 6) is -0.998. The summed E-state index contributed by atoms with van der Waals surface area (Å²) in [4.78, 5) is 28.6. The lowest BCUT2D eigenvalue weighted by molar-refractivity contribution is -0.142. The van der Waals surface area contributed by atoms with Gasteiger partial charge in [-0.15, -0.1) is 0 Å². The van der Waals surface area contributed by atoms with E-state index in [1.54, 1.807) is 12.3 Å². The number of aliphatic carboxylic acids is 1. The Labute approximate surface area is 111 Å². The summed E-state index contributed by atoms with van der Waals surface area (Å²) in [6, 6.07) is 1.74. The van der Waals surface area contributed by atoms with E-state index in [1.165, 1.54) is 0 Å². The van der Waals surface area contributed by atoms with E-state index in [1.807, 2.05) is 11.8 Å². The van der Waals surface area contributed by atoms with Crippen LogP contribution in [-0.2, 0) is 4.79 Å². The Morgan fingerprint density at radius 2 is 2.05 bits per heavy atom. The molecule has 6 heteroatoms. The maximum Gasteiger partial charge on any atom is 0.306 e. The number of rotatable bonds is 3. The van der Waals surface area contributed by atoms with Crippen LogP contribution in [0.2, 0.25) is 0 Å². The molecule has 3 N–H and O–H groups in total. The fourth-order valence-electron chi connectivity index (χ4n) is 2.43. The van der Waals surface area contributed by atoms with Gasteiger partial charge in [0.05, 0.1) is 11.5 Å². The van der Waals surface area contributed by atoms with Crippen molar-refractivity contribution in [2.75, 3.05) is 18.0 Å². The molecule has 0 bridgehead atoms. The van der Waals surface area contributed by atoms with E-state index in [-0.39, 0.29) is 5.92 Å². The lowest BCUT2D eigenvalue weighted by Gasteiger charge is -2.32. The third-order valence-electron chi connectivity index (χ3n) is 3.53. The third-order valence-corrected chi connectivity index (χ3v) is 3.53. The van der Waals surface area contributed by atoms with Gasteiger partial charge in [-0.3, -0.25) is 9.59 Å². The van der Waals surface area contributed by atoms with Gasteiger partial charge in [0, 0.05) is 19.3 Å². The molecule has 1 aliphatic heterocycles. The van der Waals surface area contributed by atoms with Gasteiger partial charge in [-0.2, -0.15) is 0 Å². The maximum atomic E-state index is 11.5.